The van der Waals surface area contributed by atoms with Crippen LogP contribution in [-0.2, 0) is 10.6 Å². The molecule has 5 unspecified atom stereocenters. The standard InChI is InChI=1S/C34H48N2P2Si2/c1-39(2,3)29-18-26(33-20-23-15-24(21-33)17-25(16-23)28(33)22-37)27(19-30(29)40(4,5)6)34(38,31-11-7-9-13-35-31)32-12-8-10-14-36-32/h7-14,18-19,23-25,28H,15-17,20-22,37-38H2,1-6H3. The molecule has 0 spiro atoms. The Morgan fingerprint density at radius 1 is 0.800 bits per heavy atom. The summed E-state index contributed by atoms with van der Waals surface area (Å²) in [5.74, 6) is 3.37. The zero-order chi connectivity index (χ0) is 28.5. The number of benzene rings is 1. The largest absolute Gasteiger partial charge is 0.260 e. The minimum absolute atomic E-state index is 0.240. The van der Waals surface area contributed by atoms with Crippen molar-refractivity contribution in [2.45, 2.75) is 82.0 Å². The summed E-state index contributed by atoms with van der Waals surface area (Å²) < 4.78 is 0. The summed E-state index contributed by atoms with van der Waals surface area (Å²) in [6, 6.07) is 18.3. The van der Waals surface area contributed by atoms with E-state index in [0.717, 1.165) is 35.1 Å². The smallest absolute Gasteiger partial charge is 0.0935 e. The Kier molecular flexibility index (Phi) is 7.39. The summed E-state index contributed by atoms with van der Waals surface area (Å²) in [6.45, 7) is 15.3. The van der Waals surface area contributed by atoms with Crippen LogP contribution < -0.4 is 10.4 Å². The number of aromatic nitrogens is 2. The molecule has 2 aromatic heterocycles. The first-order valence-corrected chi connectivity index (χ1v) is 23.8. The van der Waals surface area contributed by atoms with Gasteiger partial charge in [0, 0.05) is 12.4 Å². The number of nitrogens with zero attached hydrogens (tertiary/aromatic N) is 2. The molecule has 4 aliphatic carbocycles. The van der Waals surface area contributed by atoms with E-state index in [1.165, 1.54) is 43.8 Å². The van der Waals surface area contributed by atoms with Crippen molar-refractivity contribution in [3.63, 3.8) is 0 Å². The van der Waals surface area contributed by atoms with E-state index in [1.807, 2.05) is 24.5 Å². The Balaban J connectivity index is 1.73. The molecule has 4 aliphatic rings. The maximum Gasteiger partial charge on any atom is 0.0935 e. The van der Waals surface area contributed by atoms with Crippen LogP contribution in [0.25, 0.3) is 0 Å². The Labute approximate surface area is 249 Å². The predicted octanol–water partition coefficient (Wildman–Crippen LogP) is 7.30. The van der Waals surface area contributed by atoms with Crippen LogP contribution in [0.3, 0.4) is 0 Å². The van der Waals surface area contributed by atoms with Crippen molar-refractivity contribution in [3.8, 4) is 0 Å². The molecule has 0 radical (unpaired) electrons. The lowest BCUT2D eigenvalue weighted by Gasteiger charge is -2.62. The van der Waals surface area contributed by atoms with Gasteiger partial charge in [-0.15, -0.1) is 18.5 Å². The topological polar surface area (TPSA) is 25.8 Å². The minimum atomic E-state index is -1.66. The first kappa shape index (κ1) is 28.9. The molecule has 0 saturated heterocycles. The molecule has 3 aromatic rings. The molecular weight excluding hydrogens is 555 g/mol. The highest BCUT2D eigenvalue weighted by Gasteiger charge is 2.58. The third kappa shape index (κ3) is 4.65. The van der Waals surface area contributed by atoms with Crippen LogP contribution in [0.1, 0.15) is 54.6 Å². The predicted molar refractivity (Wildman–Crippen MR) is 184 cm³/mol. The zero-order valence-corrected chi connectivity index (χ0v) is 29.7. The van der Waals surface area contributed by atoms with Crippen LogP contribution in [0.2, 0.25) is 39.3 Å². The minimum Gasteiger partial charge on any atom is -0.260 e. The van der Waals surface area contributed by atoms with Gasteiger partial charge in [0.25, 0.3) is 0 Å². The van der Waals surface area contributed by atoms with Gasteiger partial charge in [-0.25, -0.2) is 0 Å². The summed E-state index contributed by atoms with van der Waals surface area (Å²) >= 11 is 0. The first-order chi connectivity index (χ1) is 18.9. The molecule has 2 nitrogen and oxygen atoms in total. The van der Waals surface area contributed by atoms with Crippen molar-refractivity contribution in [2.24, 2.45) is 23.7 Å². The Morgan fingerprint density at radius 2 is 1.32 bits per heavy atom. The molecule has 0 aliphatic heterocycles. The second-order valence-corrected chi connectivity index (χ2v) is 26.7. The molecule has 0 amide bonds. The Morgan fingerprint density at radius 3 is 1.77 bits per heavy atom. The van der Waals surface area contributed by atoms with E-state index in [4.69, 9.17) is 9.97 Å². The van der Waals surface area contributed by atoms with Crippen LogP contribution in [-0.4, -0.2) is 32.3 Å². The van der Waals surface area contributed by atoms with Crippen LogP contribution in [0, 0.1) is 23.7 Å². The molecule has 7 rings (SSSR count). The van der Waals surface area contributed by atoms with Crippen LogP contribution >= 0.6 is 18.5 Å². The van der Waals surface area contributed by atoms with Gasteiger partial charge in [-0.3, -0.25) is 9.97 Å². The molecule has 5 atom stereocenters. The molecule has 1 aromatic carbocycles. The summed E-state index contributed by atoms with van der Waals surface area (Å²) in [4.78, 5) is 10.1. The molecule has 4 saturated carbocycles. The van der Waals surface area contributed by atoms with E-state index in [1.54, 1.807) is 15.9 Å². The number of hydrogen-bond donors (Lipinski definition) is 0. The summed E-state index contributed by atoms with van der Waals surface area (Å²) in [5.41, 5.74) is 5.50. The molecular formula is C34H48N2P2Si2. The SMILES string of the molecule is C[Si](C)(C)c1cc(C(P)(c2ccccn2)c2ccccn2)c(C23CC4CC(CC(C4)C2CP)C3)cc1[Si](C)(C)C. The highest BCUT2D eigenvalue weighted by molar-refractivity contribution is 7.19. The molecule has 2 heterocycles. The van der Waals surface area contributed by atoms with Gasteiger partial charge in [-0.05, 0) is 103 Å². The van der Waals surface area contributed by atoms with Crippen molar-refractivity contribution in [2.75, 3.05) is 6.16 Å². The van der Waals surface area contributed by atoms with E-state index in [2.05, 4.69) is 94.2 Å². The van der Waals surface area contributed by atoms with Gasteiger partial charge < -0.3 is 0 Å². The summed E-state index contributed by atoms with van der Waals surface area (Å²) in [5, 5.41) is 2.85. The van der Waals surface area contributed by atoms with Crippen molar-refractivity contribution in [1.29, 1.82) is 0 Å². The third-order valence-corrected chi connectivity index (χ3v) is 16.4. The lowest BCUT2D eigenvalue weighted by atomic mass is 9.43. The first-order valence-electron chi connectivity index (χ1n) is 15.4. The van der Waals surface area contributed by atoms with E-state index >= 15 is 0 Å². The van der Waals surface area contributed by atoms with Crippen molar-refractivity contribution < 1.29 is 0 Å². The van der Waals surface area contributed by atoms with E-state index < -0.39 is 21.3 Å². The fraction of sp³-hybridized carbons (Fsp3) is 0.529. The number of hydrogen-bond acceptors (Lipinski definition) is 2. The lowest BCUT2D eigenvalue weighted by Crippen LogP contribution is -2.60. The van der Waals surface area contributed by atoms with Crippen LogP contribution in [0.4, 0.5) is 0 Å². The van der Waals surface area contributed by atoms with Gasteiger partial charge in [-0.2, -0.15) is 0 Å². The van der Waals surface area contributed by atoms with Crippen LogP contribution in [0.5, 0.6) is 0 Å². The highest BCUT2D eigenvalue weighted by atomic mass is 31.0. The fourth-order valence-electron chi connectivity index (χ4n) is 9.16. The second-order valence-electron chi connectivity index (χ2n) is 15.3. The summed E-state index contributed by atoms with van der Waals surface area (Å²) in [6.07, 6.45) is 12.2. The van der Waals surface area contributed by atoms with Crippen LogP contribution in [0.15, 0.2) is 60.9 Å². The molecule has 0 N–H and O–H groups in total. The molecule has 40 heavy (non-hydrogen) atoms. The van der Waals surface area contributed by atoms with Gasteiger partial charge in [0.05, 0.1) is 32.7 Å². The Hall–Kier alpha value is -1.19. The highest BCUT2D eigenvalue weighted by Crippen LogP contribution is 2.65. The van der Waals surface area contributed by atoms with Gasteiger partial charge in [0.2, 0.25) is 0 Å². The molecule has 4 fully saturated rings. The second kappa shape index (κ2) is 10.2. The quantitative estimate of drug-likeness (QED) is 0.210. The third-order valence-electron chi connectivity index (χ3n) is 10.7. The van der Waals surface area contributed by atoms with E-state index in [9.17, 15) is 0 Å². The maximum absolute atomic E-state index is 5.05. The lowest BCUT2D eigenvalue weighted by molar-refractivity contribution is -0.0521. The van der Waals surface area contributed by atoms with Gasteiger partial charge in [-0.1, -0.05) is 73.9 Å². The monoisotopic (exact) mass is 602 g/mol. The van der Waals surface area contributed by atoms with Gasteiger partial charge in [0.15, 0.2) is 0 Å². The Bertz CT molecular complexity index is 1330. The van der Waals surface area contributed by atoms with Gasteiger partial charge in [0.1, 0.15) is 0 Å². The van der Waals surface area contributed by atoms with E-state index in [0.29, 0.717) is 0 Å². The van der Waals surface area contributed by atoms with Crippen molar-refractivity contribution in [3.05, 3.63) is 83.4 Å². The fourth-order valence-corrected chi connectivity index (χ4v) is 15.7. The summed E-state index contributed by atoms with van der Waals surface area (Å²) in [7, 11) is 3.25. The molecule has 4 bridgehead atoms. The maximum atomic E-state index is 5.05. The van der Waals surface area contributed by atoms with E-state index in [-0.39, 0.29) is 5.41 Å². The zero-order valence-electron chi connectivity index (χ0n) is 25.4. The van der Waals surface area contributed by atoms with Gasteiger partial charge >= 0.3 is 0 Å². The normalized spacial score (nSPS) is 28.2. The molecule has 212 valence electrons. The average Bonchev–Trinajstić information content (AvgIpc) is 2.91. The number of pyridine rings is 2. The average molecular weight is 603 g/mol. The molecule has 6 heteroatoms. The van der Waals surface area contributed by atoms with Crippen molar-refractivity contribution in [1.82, 2.24) is 9.97 Å². The van der Waals surface area contributed by atoms with Crippen molar-refractivity contribution >= 4 is 45.0 Å². The number of rotatable bonds is 7.